The molecule has 0 bridgehead atoms. The van der Waals surface area contributed by atoms with Crippen LogP contribution in [0.1, 0.15) is 0 Å². The number of rotatable bonds is 1. The van der Waals surface area contributed by atoms with E-state index in [-0.39, 0.29) is 10.6 Å². The standard InChI is InChI=1S/C8H9N3O4S/c9-16(14,15)5-1-2-6-7(3-5)11-8(12,13)4-10-6/h1-4,11-13H,(H2,9,14,15). The summed E-state index contributed by atoms with van der Waals surface area (Å²) in [6.07, 6.45) is 0.895. The van der Waals surface area contributed by atoms with Gasteiger partial charge in [0, 0.05) is 0 Å². The monoisotopic (exact) mass is 243 g/mol. The molecule has 0 saturated carbocycles. The largest absolute Gasteiger partial charge is 0.344 e. The molecular weight excluding hydrogens is 234 g/mol. The Kier molecular flexibility index (Phi) is 2.24. The first kappa shape index (κ1) is 11.0. The van der Waals surface area contributed by atoms with E-state index < -0.39 is 15.9 Å². The van der Waals surface area contributed by atoms with Crippen LogP contribution in [0.3, 0.4) is 0 Å². The second kappa shape index (κ2) is 3.25. The van der Waals surface area contributed by atoms with Crippen molar-refractivity contribution in [3.05, 3.63) is 18.2 Å². The Balaban J connectivity index is 2.53. The van der Waals surface area contributed by atoms with Crippen molar-refractivity contribution in [1.29, 1.82) is 0 Å². The van der Waals surface area contributed by atoms with Crippen LogP contribution in [0.15, 0.2) is 28.1 Å². The van der Waals surface area contributed by atoms with Crippen LogP contribution in [-0.2, 0) is 10.0 Å². The van der Waals surface area contributed by atoms with E-state index in [2.05, 4.69) is 10.3 Å². The van der Waals surface area contributed by atoms with E-state index in [1.807, 2.05) is 0 Å². The van der Waals surface area contributed by atoms with E-state index in [1.165, 1.54) is 18.2 Å². The Bertz CT molecular complexity index is 565. The van der Waals surface area contributed by atoms with Crippen LogP contribution in [0.25, 0.3) is 0 Å². The summed E-state index contributed by atoms with van der Waals surface area (Å²) in [4.78, 5) is 3.61. The Labute approximate surface area is 91.3 Å². The summed E-state index contributed by atoms with van der Waals surface area (Å²) >= 11 is 0. The molecule has 7 nitrogen and oxygen atoms in total. The fourth-order valence-corrected chi connectivity index (χ4v) is 1.83. The van der Waals surface area contributed by atoms with E-state index in [0.717, 1.165) is 6.21 Å². The third kappa shape index (κ3) is 2.04. The van der Waals surface area contributed by atoms with Gasteiger partial charge in [-0.05, 0) is 18.2 Å². The first-order valence-corrected chi connectivity index (χ1v) is 5.78. The van der Waals surface area contributed by atoms with Crippen LogP contribution in [0, 0.1) is 0 Å². The molecule has 1 aromatic rings. The van der Waals surface area contributed by atoms with E-state index in [0.29, 0.717) is 5.69 Å². The van der Waals surface area contributed by atoms with Crippen LogP contribution in [0.4, 0.5) is 11.4 Å². The predicted octanol–water partition coefficient (Wildman–Crippen LogP) is -0.900. The van der Waals surface area contributed by atoms with Gasteiger partial charge in [-0.3, -0.25) is 4.99 Å². The van der Waals surface area contributed by atoms with E-state index in [1.54, 1.807) is 0 Å². The smallest absolute Gasteiger partial charge is 0.283 e. The summed E-state index contributed by atoms with van der Waals surface area (Å²) in [5.74, 6) is -2.29. The zero-order valence-corrected chi connectivity index (χ0v) is 8.77. The van der Waals surface area contributed by atoms with Crippen molar-refractivity contribution in [3.63, 3.8) is 0 Å². The molecule has 0 atom stereocenters. The highest BCUT2D eigenvalue weighted by Crippen LogP contribution is 2.31. The number of fused-ring (bicyclic) bond motifs is 1. The van der Waals surface area contributed by atoms with Crippen molar-refractivity contribution in [2.75, 3.05) is 5.32 Å². The lowest BCUT2D eigenvalue weighted by Crippen LogP contribution is -2.41. The predicted molar refractivity (Wildman–Crippen MR) is 56.8 cm³/mol. The molecule has 0 aromatic heterocycles. The molecule has 0 radical (unpaired) electrons. The molecule has 0 aliphatic carbocycles. The first-order chi connectivity index (χ1) is 7.28. The molecule has 1 aliphatic heterocycles. The van der Waals surface area contributed by atoms with E-state index in [9.17, 15) is 18.6 Å². The lowest BCUT2D eigenvalue weighted by Gasteiger charge is -2.24. The van der Waals surface area contributed by atoms with E-state index >= 15 is 0 Å². The van der Waals surface area contributed by atoms with Gasteiger partial charge in [-0.2, -0.15) is 0 Å². The van der Waals surface area contributed by atoms with Crippen molar-refractivity contribution >= 4 is 27.6 Å². The summed E-state index contributed by atoms with van der Waals surface area (Å²) in [6.45, 7) is 0. The van der Waals surface area contributed by atoms with Crippen LogP contribution in [-0.4, -0.2) is 30.8 Å². The number of hydrogen-bond acceptors (Lipinski definition) is 6. The van der Waals surface area contributed by atoms with Crippen molar-refractivity contribution in [1.82, 2.24) is 0 Å². The quantitative estimate of drug-likeness (QED) is 0.476. The molecule has 1 aliphatic rings. The lowest BCUT2D eigenvalue weighted by atomic mass is 10.2. The van der Waals surface area contributed by atoms with Crippen LogP contribution in [0.5, 0.6) is 0 Å². The molecule has 5 N–H and O–H groups in total. The highest BCUT2D eigenvalue weighted by Gasteiger charge is 2.26. The zero-order chi connectivity index (χ0) is 12.0. The van der Waals surface area contributed by atoms with Crippen molar-refractivity contribution in [2.45, 2.75) is 10.8 Å². The van der Waals surface area contributed by atoms with Crippen molar-refractivity contribution < 1.29 is 18.6 Å². The molecule has 0 saturated heterocycles. The molecule has 16 heavy (non-hydrogen) atoms. The summed E-state index contributed by atoms with van der Waals surface area (Å²) < 4.78 is 22.1. The minimum atomic E-state index is -3.83. The molecule has 86 valence electrons. The number of sulfonamides is 1. The number of anilines is 1. The molecule has 0 fully saturated rings. The van der Waals surface area contributed by atoms with Gasteiger partial charge >= 0.3 is 0 Å². The fraction of sp³-hybridized carbons (Fsp3) is 0.125. The van der Waals surface area contributed by atoms with Gasteiger partial charge < -0.3 is 15.5 Å². The molecule has 0 unspecified atom stereocenters. The van der Waals surface area contributed by atoms with Gasteiger partial charge in [0.2, 0.25) is 10.0 Å². The summed E-state index contributed by atoms with van der Waals surface area (Å²) in [5, 5.41) is 25.7. The third-order valence-electron chi connectivity index (χ3n) is 2.00. The van der Waals surface area contributed by atoms with Gasteiger partial charge in [0.25, 0.3) is 5.91 Å². The Morgan fingerprint density at radius 1 is 1.38 bits per heavy atom. The summed E-state index contributed by atoms with van der Waals surface area (Å²) in [7, 11) is -3.83. The number of nitrogens with zero attached hydrogens (tertiary/aromatic N) is 1. The average Bonchev–Trinajstić information content (AvgIpc) is 2.13. The maximum absolute atomic E-state index is 11.1. The summed E-state index contributed by atoms with van der Waals surface area (Å²) in [6, 6.07) is 3.88. The third-order valence-corrected chi connectivity index (χ3v) is 2.91. The number of primary sulfonamides is 1. The number of nitrogens with two attached hydrogens (primary N) is 1. The van der Waals surface area contributed by atoms with Gasteiger partial charge in [-0.15, -0.1) is 0 Å². The molecule has 1 heterocycles. The van der Waals surface area contributed by atoms with Gasteiger partial charge in [0.05, 0.1) is 22.5 Å². The van der Waals surface area contributed by atoms with E-state index in [4.69, 9.17) is 5.14 Å². The molecule has 8 heteroatoms. The molecular formula is C8H9N3O4S. The molecule has 0 spiro atoms. The highest BCUT2D eigenvalue weighted by atomic mass is 32.2. The fourth-order valence-electron chi connectivity index (χ4n) is 1.29. The Morgan fingerprint density at radius 3 is 2.69 bits per heavy atom. The zero-order valence-electron chi connectivity index (χ0n) is 7.95. The molecule has 0 amide bonds. The van der Waals surface area contributed by atoms with Gasteiger partial charge in [-0.1, -0.05) is 0 Å². The summed E-state index contributed by atoms with van der Waals surface area (Å²) in [5.41, 5.74) is 0.574. The van der Waals surface area contributed by atoms with Gasteiger partial charge in [-0.25, -0.2) is 13.6 Å². The first-order valence-electron chi connectivity index (χ1n) is 4.23. The second-order valence-electron chi connectivity index (χ2n) is 3.33. The topological polar surface area (TPSA) is 125 Å². The average molecular weight is 243 g/mol. The normalized spacial score (nSPS) is 17.7. The molecule has 2 rings (SSSR count). The maximum atomic E-state index is 11.1. The van der Waals surface area contributed by atoms with Crippen LogP contribution >= 0.6 is 0 Å². The molecule has 1 aromatic carbocycles. The van der Waals surface area contributed by atoms with Gasteiger partial charge in [0.1, 0.15) is 0 Å². The minimum absolute atomic E-state index is 0.133. The number of hydrogen-bond donors (Lipinski definition) is 4. The second-order valence-corrected chi connectivity index (χ2v) is 4.89. The lowest BCUT2D eigenvalue weighted by molar-refractivity contribution is -0.0693. The number of aliphatic imine (C=N–C) groups is 1. The maximum Gasteiger partial charge on any atom is 0.283 e. The number of benzene rings is 1. The van der Waals surface area contributed by atoms with Crippen molar-refractivity contribution in [3.8, 4) is 0 Å². The van der Waals surface area contributed by atoms with Crippen LogP contribution < -0.4 is 10.5 Å². The Morgan fingerprint density at radius 2 is 2.06 bits per heavy atom. The highest BCUT2D eigenvalue weighted by molar-refractivity contribution is 7.89. The Hall–Kier alpha value is -1.48. The van der Waals surface area contributed by atoms with Crippen LogP contribution in [0.2, 0.25) is 0 Å². The number of aliphatic hydroxyl groups is 2. The minimum Gasteiger partial charge on any atom is -0.344 e. The number of nitrogens with one attached hydrogen (secondary N) is 1. The van der Waals surface area contributed by atoms with Crippen molar-refractivity contribution in [2.24, 2.45) is 10.1 Å². The SMILES string of the molecule is NS(=O)(=O)c1ccc2c(c1)NC(O)(O)C=N2. The van der Waals surface area contributed by atoms with Gasteiger partial charge in [0.15, 0.2) is 0 Å².